The molecule has 15 heavy (non-hydrogen) atoms. The molecule has 0 N–H and O–H groups in total. The van der Waals surface area contributed by atoms with Crippen molar-refractivity contribution in [2.24, 2.45) is 0 Å². The van der Waals surface area contributed by atoms with Gasteiger partial charge in [0.25, 0.3) is 0 Å². The number of hydrogen-bond acceptors (Lipinski definition) is 2. The van der Waals surface area contributed by atoms with Gasteiger partial charge >= 0.3 is 0 Å². The van der Waals surface area contributed by atoms with Gasteiger partial charge < -0.3 is 5.11 Å². The Labute approximate surface area is 86.2 Å². The number of benzene rings is 1. The number of nitrogens with zero attached hydrogens (tertiary/aromatic N) is 2. The first-order chi connectivity index (χ1) is 7.36. The Kier molecular flexibility index (Phi) is 1.59. The summed E-state index contributed by atoms with van der Waals surface area (Å²) >= 11 is 0. The Morgan fingerprint density at radius 2 is 1.67 bits per heavy atom. The largest absolute Gasteiger partial charge is 0.854 e. The third-order valence-electron chi connectivity index (χ3n) is 2.47. The van der Waals surface area contributed by atoms with E-state index in [1.54, 1.807) is 16.8 Å². The number of fused-ring (bicyclic) bond motifs is 3. The van der Waals surface area contributed by atoms with Crippen LogP contribution in [-0.4, -0.2) is 5.10 Å². The predicted molar refractivity (Wildman–Crippen MR) is 54.3 cm³/mol. The Bertz CT molecular complexity index is 649. The molecule has 0 saturated carbocycles. The molecule has 0 atom stereocenters. The van der Waals surface area contributed by atoms with Crippen molar-refractivity contribution in [1.82, 2.24) is 5.10 Å². The molecule has 3 nitrogen and oxygen atoms in total. The topological polar surface area (TPSA) is 40.1 Å². The maximum absolute atomic E-state index is 11.7. The van der Waals surface area contributed by atoms with Gasteiger partial charge in [-0.3, -0.25) is 0 Å². The summed E-state index contributed by atoms with van der Waals surface area (Å²) in [6.07, 6.45) is 1.78. The van der Waals surface area contributed by atoms with E-state index < -0.39 is 0 Å². The minimum absolute atomic E-state index is 0.186. The van der Waals surface area contributed by atoms with E-state index in [9.17, 15) is 5.11 Å². The normalized spacial score (nSPS) is 10.9. The third-order valence-corrected chi connectivity index (χ3v) is 2.47. The highest BCUT2D eigenvalue weighted by atomic mass is 16.3. The van der Waals surface area contributed by atoms with Gasteiger partial charge in [-0.1, -0.05) is 22.7 Å². The highest BCUT2D eigenvalue weighted by Crippen LogP contribution is 2.20. The summed E-state index contributed by atoms with van der Waals surface area (Å²) in [6.45, 7) is 0. The molecule has 0 aliphatic carbocycles. The number of pyridine rings is 1. The zero-order chi connectivity index (χ0) is 10.3. The minimum Gasteiger partial charge on any atom is -0.854 e. The fraction of sp³-hybridized carbons (Fsp3) is 0. The fourth-order valence-electron chi connectivity index (χ4n) is 1.78. The summed E-state index contributed by atoms with van der Waals surface area (Å²) in [4.78, 5) is 0. The second kappa shape index (κ2) is 2.92. The van der Waals surface area contributed by atoms with Crippen LogP contribution in [-0.2, 0) is 0 Å². The molecule has 0 amide bonds. The standard InChI is InChI=1S/C12H8N2O/c15-12-10-6-2-1-5-9(10)11-7-3-4-8-14(11)13-12/h1-8H. The smallest absolute Gasteiger partial charge is 0.245 e. The van der Waals surface area contributed by atoms with Crippen molar-refractivity contribution >= 4 is 16.3 Å². The lowest BCUT2D eigenvalue weighted by Gasteiger charge is -2.05. The van der Waals surface area contributed by atoms with Crippen LogP contribution in [0.4, 0.5) is 0 Å². The summed E-state index contributed by atoms with van der Waals surface area (Å²) in [6, 6.07) is 13.3. The lowest BCUT2D eigenvalue weighted by molar-refractivity contribution is -0.586. The fourth-order valence-corrected chi connectivity index (χ4v) is 1.78. The number of hydrogen-bond donors (Lipinski definition) is 0. The Morgan fingerprint density at radius 3 is 2.53 bits per heavy atom. The molecule has 3 aromatic rings. The van der Waals surface area contributed by atoms with Gasteiger partial charge in [-0.25, -0.2) is 0 Å². The summed E-state index contributed by atoms with van der Waals surface area (Å²) in [7, 11) is 0. The van der Waals surface area contributed by atoms with E-state index in [1.807, 2.05) is 36.4 Å². The molecule has 0 aliphatic heterocycles. The van der Waals surface area contributed by atoms with Gasteiger partial charge in [0.15, 0.2) is 0 Å². The first kappa shape index (κ1) is 8.17. The lowest BCUT2D eigenvalue weighted by Crippen LogP contribution is -2.27. The second-order valence-corrected chi connectivity index (χ2v) is 3.38. The van der Waals surface area contributed by atoms with Crippen LogP contribution in [0.3, 0.4) is 0 Å². The Morgan fingerprint density at radius 1 is 0.933 bits per heavy atom. The average molecular weight is 196 g/mol. The zero-order valence-electron chi connectivity index (χ0n) is 7.92. The predicted octanol–water partition coefficient (Wildman–Crippen LogP) is 1.05. The van der Waals surface area contributed by atoms with E-state index in [1.165, 1.54) is 0 Å². The van der Waals surface area contributed by atoms with E-state index in [0.29, 0.717) is 5.39 Å². The molecular weight excluding hydrogens is 188 g/mol. The van der Waals surface area contributed by atoms with Gasteiger partial charge in [0, 0.05) is 17.5 Å². The molecule has 2 heterocycles. The molecule has 0 unspecified atom stereocenters. The molecule has 72 valence electrons. The van der Waals surface area contributed by atoms with Crippen molar-refractivity contribution in [1.29, 1.82) is 0 Å². The maximum Gasteiger partial charge on any atom is 0.245 e. The minimum atomic E-state index is -0.186. The van der Waals surface area contributed by atoms with Crippen molar-refractivity contribution in [3.8, 4) is 5.88 Å². The van der Waals surface area contributed by atoms with Crippen molar-refractivity contribution < 1.29 is 9.62 Å². The first-order valence-electron chi connectivity index (χ1n) is 4.73. The molecule has 0 radical (unpaired) electrons. The van der Waals surface area contributed by atoms with Gasteiger partial charge in [0.05, 0.1) is 11.3 Å². The van der Waals surface area contributed by atoms with E-state index in [0.717, 1.165) is 10.9 Å². The molecule has 2 aromatic heterocycles. The second-order valence-electron chi connectivity index (χ2n) is 3.38. The SMILES string of the molecule is [O-]c1n[n+]2ccccc2c2ccccc12. The molecule has 0 bridgehead atoms. The van der Waals surface area contributed by atoms with E-state index in [4.69, 9.17) is 0 Å². The van der Waals surface area contributed by atoms with Crippen LogP contribution < -0.4 is 9.62 Å². The Balaban J connectivity index is 2.64. The molecule has 3 heteroatoms. The molecule has 0 aliphatic rings. The quantitative estimate of drug-likeness (QED) is 0.398. The highest BCUT2D eigenvalue weighted by Gasteiger charge is 2.08. The highest BCUT2D eigenvalue weighted by molar-refractivity contribution is 5.95. The number of aromatic nitrogens is 2. The van der Waals surface area contributed by atoms with Gasteiger partial charge in [0.2, 0.25) is 11.7 Å². The first-order valence-corrected chi connectivity index (χ1v) is 4.73. The average Bonchev–Trinajstić information content (AvgIpc) is 2.30. The van der Waals surface area contributed by atoms with Crippen molar-refractivity contribution in [2.45, 2.75) is 0 Å². The van der Waals surface area contributed by atoms with Crippen LogP contribution in [0.15, 0.2) is 48.7 Å². The monoisotopic (exact) mass is 196 g/mol. The van der Waals surface area contributed by atoms with Crippen LogP contribution in [0.25, 0.3) is 16.3 Å². The van der Waals surface area contributed by atoms with Crippen LogP contribution in [0.1, 0.15) is 0 Å². The molecule has 1 aromatic carbocycles. The van der Waals surface area contributed by atoms with Gasteiger partial charge in [-0.05, 0) is 17.2 Å². The molecule has 0 saturated heterocycles. The van der Waals surface area contributed by atoms with Crippen molar-refractivity contribution in [2.75, 3.05) is 0 Å². The van der Waals surface area contributed by atoms with Crippen LogP contribution in [0.2, 0.25) is 0 Å². The molecule has 0 fully saturated rings. The summed E-state index contributed by atoms with van der Waals surface area (Å²) < 4.78 is 1.62. The lowest BCUT2D eigenvalue weighted by atomic mass is 10.1. The molecular formula is C12H8N2O. The van der Waals surface area contributed by atoms with E-state index in [-0.39, 0.29) is 5.88 Å². The van der Waals surface area contributed by atoms with Gasteiger partial charge in [-0.2, -0.15) is 0 Å². The van der Waals surface area contributed by atoms with Gasteiger partial charge in [0.1, 0.15) is 0 Å². The summed E-state index contributed by atoms with van der Waals surface area (Å²) in [5.41, 5.74) is 0.952. The third kappa shape index (κ3) is 1.13. The Hall–Kier alpha value is -2.16. The van der Waals surface area contributed by atoms with Crippen molar-refractivity contribution in [3.05, 3.63) is 48.7 Å². The van der Waals surface area contributed by atoms with E-state index >= 15 is 0 Å². The van der Waals surface area contributed by atoms with Crippen LogP contribution in [0.5, 0.6) is 5.88 Å². The van der Waals surface area contributed by atoms with Gasteiger partial charge in [-0.15, -0.1) is 0 Å². The zero-order valence-corrected chi connectivity index (χ0v) is 7.92. The molecule has 3 rings (SSSR count). The van der Waals surface area contributed by atoms with Crippen LogP contribution in [0, 0.1) is 0 Å². The molecule has 0 spiro atoms. The van der Waals surface area contributed by atoms with Crippen LogP contribution >= 0.6 is 0 Å². The van der Waals surface area contributed by atoms with E-state index in [2.05, 4.69) is 5.10 Å². The van der Waals surface area contributed by atoms with Crippen molar-refractivity contribution in [3.63, 3.8) is 0 Å². The number of rotatable bonds is 0. The summed E-state index contributed by atoms with van der Waals surface area (Å²) in [5.74, 6) is -0.186. The summed E-state index contributed by atoms with van der Waals surface area (Å²) in [5, 5.41) is 17.2. The maximum atomic E-state index is 11.7.